The molecule has 104 valence electrons. The number of nitrogens with zero attached hydrogens (tertiary/aromatic N) is 2. The largest absolute Gasteiger partial charge is 0.315 e. The fraction of sp³-hybridized carbons (Fsp3) is 1.00. The highest BCUT2D eigenvalue weighted by Crippen LogP contribution is 2.31. The number of hydrogen-bond acceptors (Lipinski definition) is 3. The Labute approximate surface area is 110 Å². The van der Waals surface area contributed by atoms with Crippen molar-refractivity contribution in [3.05, 3.63) is 0 Å². The number of fused-ring (bicyclic) bond motifs is 1. The summed E-state index contributed by atoms with van der Waals surface area (Å²) < 4.78 is 28.9. The van der Waals surface area contributed by atoms with Crippen LogP contribution >= 0.6 is 0 Å². The van der Waals surface area contributed by atoms with Gasteiger partial charge in [0.1, 0.15) is 0 Å². The van der Waals surface area contributed by atoms with Crippen molar-refractivity contribution in [3.8, 4) is 0 Å². The molecule has 3 aliphatic rings. The van der Waals surface area contributed by atoms with Crippen molar-refractivity contribution in [1.29, 1.82) is 0 Å². The molecule has 0 aromatic heterocycles. The molecular weight excluding hydrogens is 250 g/mol. The molecule has 0 saturated carbocycles. The summed E-state index contributed by atoms with van der Waals surface area (Å²) >= 11 is 0. The second-order valence-corrected chi connectivity index (χ2v) is 7.59. The third kappa shape index (κ3) is 2.19. The quantitative estimate of drug-likeness (QED) is 0.792. The predicted molar refractivity (Wildman–Crippen MR) is 70.4 cm³/mol. The van der Waals surface area contributed by atoms with Gasteiger partial charge in [0.2, 0.25) is 0 Å². The average molecular weight is 273 g/mol. The van der Waals surface area contributed by atoms with E-state index in [1.807, 2.05) is 0 Å². The Kier molecular flexibility index (Phi) is 3.62. The SMILES string of the molecule is O=S(=O)(N1CCCCCC1)N1CC[C@@H]2CNC[C@@H]21. The molecule has 5 nitrogen and oxygen atoms in total. The van der Waals surface area contributed by atoms with E-state index in [1.54, 1.807) is 8.61 Å². The molecule has 3 fully saturated rings. The van der Waals surface area contributed by atoms with E-state index in [1.165, 1.54) is 12.8 Å². The van der Waals surface area contributed by atoms with E-state index in [0.29, 0.717) is 19.0 Å². The molecule has 0 bridgehead atoms. The number of rotatable bonds is 2. The van der Waals surface area contributed by atoms with Crippen LogP contribution in [0, 0.1) is 5.92 Å². The van der Waals surface area contributed by atoms with Crippen LogP contribution in [0.15, 0.2) is 0 Å². The molecule has 3 rings (SSSR count). The standard InChI is InChI=1S/C12H23N3O2S/c16-18(17,14-6-3-1-2-4-7-14)15-8-5-11-9-13-10-12(11)15/h11-13H,1-10H2/t11-,12+/m1/s1. The van der Waals surface area contributed by atoms with Gasteiger partial charge in [-0.15, -0.1) is 0 Å². The van der Waals surface area contributed by atoms with Gasteiger partial charge in [0.05, 0.1) is 0 Å². The van der Waals surface area contributed by atoms with Gasteiger partial charge < -0.3 is 5.32 Å². The lowest BCUT2D eigenvalue weighted by Gasteiger charge is -2.29. The van der Waals surface area contributed by atoms with Gasteiger partial charge in [-0.2, -0.15) is 17.0 Å². The van der Waals surface area contributed by atoms with Crippen LogP contribution < -0.4 is 5.32 Å². The molecule has 0 aromatic carbocycles. The van der Waals surface area contributed by atoms with E-state index < -0.39 is 10.2 Å². The van der Waals surface area contributed by atoms with Gasteiger partial charge in [-0.25, -0.2) is 0 Å². The van der Waals surface area contributed by atoms with Crippen molar-refractivity contribution in [2.45, 2.75) is 38.1 Å². The van der Waals surface area contributed by atoms with E-state index >= 15 is 0 Å². The van der Waals surface area contributed by atoms with E-state index in [4.69, 9.17) is 0 Å². The second kappa shape index (κ2) is 5.07. The summed E-state index contributed by atoms with van der Waals surface area (Å²) in [5, 5.41) is 3.32. The predicted octanol–water partition coefficient (Wildman–Crippen LogP) is 0.401. The van der Waals surface area contributed by atoms with Crippen molar-refractivity contribution >= 4 is 10.2 Å². The first kappa shape index (κ1) is 12.8. The highest BCUT2D eigenvalue weighted by Gasteiger charge is 2.45. The van der Waals surface area contributed by atoms with E-state index in [2.05, 4.69) is 5.32 Å². The summed E-state index contributed by atoms with van der Waals surface area (Å²) in [5.41, 5.74) is 0. The molecule has 1 N–H and O–H groups in total. The topological polar surface area (TPSA) is 52.7 Å². The monoisotopic (exact) mass is 273 g/mol. The molecule has 0 radical (unpaired) electrons. The molecule has 3 heterocycles. The van der Waals surface area contributed by atoms with E-state index in [-0.39, 0.29) is 6.04 Å². The van der Waals surface area contributed by atoms with E-state index in [0.717, 1.165) is 38.9 Å². The van der Waals surface area contributed by atoms with Crippen LogP contribution in [0.1, 0.15) is 32.1 Å². The van der Waals surface area contributed by atoms with Crippen molar-refractivity contribution in [2.75, 3.05) is 32.7 Å². The molecule has 0 aromatic rings. The first-order valence-corrected chi connectivity index (χ1v) is 8.57. The lowest BCUT2D eigenvalue weighted by Crippen LogP contribution is -2.48. The smallest absolute Gasteiger partial charge is 0.282 e. The first-order valence-electron chi connectivity index (χ1n) is 7.17. The maximum absolute atomic E-state index is 12.7. The zero-order chi connectivity index (χ0) is 12.6. The minimum absolute atomic E-state index is 0.207. The number of hydrogen-bond donors (Lipinski definition) is 1. The highest BCUT2D eigenvalue weighted by molar-refractivity contribution is 7.86. The Morgan fingerprint density at radius 1 is 0.944 bits per heavy atom. The first-order chi connectivity index (χ1) is 8.69. The summed E-state index contributed by atoms with van der Waals surface area (Å²) in [7, 11) is -3.21. The van der Waals surface area contributed by atoms with E-state index in [9.17, 15) is 8.42 Å². The zero-order valence-electron chi connectivity index (χ0n) is 10.8. The minimum atomic E-state index is -3.21. The molecule has 6 heteroatoms. The Balaban J connectivity index is 1.76. The van der Waals surface area contributed by atoms with Crippen LogP contribution in [-0.2, 0) is 10.2 Å². The second-order valence-electron chi connectivity index (χ2n) is 5.71. The Hall–Kier alpha value is -0.170. The van der Waals surface area contributed by atoms with Crippen molar-refractivity contribution in [2.24, 2.45) is 5.92 Å². The third-order valence-corrected chi connectivity index (χ3v) is 6.65. The van der Waals surface area contributed by atoms with Gasteiger partial charge in [0.25, 0.3) is 10.2 Å². The van der Waals surface area contributed by atoms with Crippen LogP contribution in [0.25, 0.3) is 0 Å². The maximum Gasteiger partial charge on any atom is 0.282 e. The average Bonchev–Trinajstić information content (AvgIpc) is 2.82. The van der Waals surface area contributed by atoms with Crippen LogP contribution in [0.3, 0.4) is 0 Å². The Bertz CT molecular complexity index is 390. The van der Waals surface area contributed by atoms with Gasteiger partial charge in [0.15, 0.2) is 0 Å². The van der Waals surface area contributed by atoms with Gasteiger partial charge >= 0.3 is 0 Å². The summed E-state index contributed by atoms with van der Waals surface area (Å²) in [6.45, 7) is 3.96. The van der Waals surface area contributed by atoms with Crippen LogP contribution in [0.5, 0.6) is 0 Å². The molecular formula is C12H23N3O2S. The summed E-state index contributed by atoms with van der Waals surface area (Å²) in [6.07, 6.45) is 5.38. The molecule has 3 aliphatic heterocycles. The van der Waals surface area contributed by atoms with Crippen molar-refractivity contribution in [1.82, 2.24) is 13.9 Å². The van der Waals surface area contributed by atoms with Crippen LogP contribution in [-0.4, -0.2) is 55.8 Å². The van der Waals surface area contributed by atoms with Crippen molar-refractivity contribution in [3.63, 3.8) is 0 Å². The molecule has 0 unspecified atom stereocenters. The summed E-state index contributed by atoms with van der Waals surface area (Å²) in [5.74, 6) is 0.534. The summed E-state index contributed by atoms with van der Waals surface area (Å²) in [6, 6.07) is 0.207. The number of nitrogens with one attached hydrogen (secondary N) is 1. The fourth-order valence-corrected chi connectivity index (χ4v) is 5.46. The van der Waals surface area contributed by atoms with Gasteiger partial charge in [-0.3, -0.25) is 0 Å². The van der Waals surface area contributed by atoms with Crippen molar-refractivity contribution < 1.29 is 8.42 Å². The Morgan fingerprint density at radius 3 is 2.39 bits per heavy atom. The third-order valence-electron chi connectivity index (χ3n) is 4.58. The highest BCUT2D eigenvalue weighted by atomic mass is 32.2. The minimum Gasteiger partial charge on any atom is -0.315 e. The molecule has 2 atom stereocenters. The van der Waals surface area contributed by atoms with Gasteiger partial charge in [0, 0.05) is 32.2 Å². The van der Waals surface area contributed by atoms with Crippen LogP contribution in [0.2, 0.25) is 0 Å². The molecule has 0 amide bonds. The zero-order valence-corrected chi connectivity index (χ0v) is 11.7. The Morgan fingerprint density at radius 2 is 1.67 bits per heavy atom. The van der Waals surface area contributed by atoms with Gasteiger partial charge in [-0.1, -0.05) is 12.8 Å². The van der Waals surface area contributed by atoms with Gasteiger partial charge in [-0.05, 0) is 31.7 Å². The maximum atomic E-state index is 12.7. The molecule has 3 saturated heterocycles. The van der Waals surface area contributed by atoms with Crippen LogP contribution in [0.4, 0.5) is 0 Å². The fourth-order valence-electron chi connectivity index (χ4n) is 3.52. The lowest BCUT2D eigenvalue weighted by atomic mass is 10.1. The molecule has 0 spiro atoms. The molecule has 0 aliphatic carbocycles. The lowest BCUT2D eigenvalue weighted by molar-refractivity contribution is 0.325. The summed E-state index contributed by atoms with van der Waals surface area (Å²) in [4.78, 5) is 0. The normalized spacial score (nSPS) is 35.6. The molecule has 18 heavy (non-hydrogen) atoms.